The van der Waals surface area contributed by atoms with E-state index in [1.165, 1.54) is 0 Å². The lowest BCUT2D eigenvalue weighted by molar-refractivity contribution is 0.415. The van der Waals surface area contributed by atoms with E-state index < -0.39 is 0 Å². The average Bonchev–Trinajstić information content (AvgIpc) is 2.99. The highest BCUT2D eigenvalue weighted by molar-refractivity contribution is 6.42. The number of benzene rings is 2. The van der Waals surface area contributed by atoms with Crippen LogP contribution in [0.2, 0.25) is 10.0 Å². The highest BCUT2D eigenvalue weighted by atomic mass is 35.5. The van der Waals surface area contributed by atoms with Gasteiger partial charge in [-0.3, -0.25) is 5.10 Å². The Hall–Kier alpha value is -2.04. The summed E-state index contributed by atoms with van der Waals surface area (Å²) in [6.07, 6.45) is 0.605. The van der Waals surface area contributed by atoms with Gasteiger partial charge in [0.05, 0.1) is 17.2 Å². The molecule has 0 unspecified atom stereocenters. The summed E-state index contributed by atoms with van der Waals surface area (Å²) in [5.41, 5.74) is 1.92. The molecule has 1 heterocycles. The molecule has 2 aromatic carbocycles. The molecule has 0 fully saturated rings. The van der Waals surface area contributed by atoms with Crippen molar-refractivity contribution in [3.05, 3.63) is 63.9 Å². The van der Waals surface area contributed by atoms with Gasteiger partial charge in [-0.1, -0.05) is 41.4 Å². The number of aromatic nitrogens is 3. The Balaban J connectivity index is 1.82. The standard InChI is InChI=1S/C16H13Cl2N3O/c1-22-12-4-2-3-11(9-12)16-19-15(20-21-16)8-10-5-6-13(17)14(18)7-10/h2-7,9H,8H2,1H3,(H,19,20,21). The van der Waals surface area contributed by atoms with Gasteiger partial charge in [0.25, 0.3) is 0 Å². The second-order valence-electron chi connectivity index (χ2n) is 4.76. The number of rotatable bonds is 4. The van der Waals surface area contributed by atoms with Crippen molar-refractivity contribution in [2.45, 2.75) is 6.42 Å². The van der Waals surface area contributed by atoms with Gasteiger partial charge < -0.3 is 4.74 Å². The SMILES string of the molecule is COc1cccc(-c2n[nH]c(Cc3ccc(Cl)c(Cl)c3)n2)c1. The molecule has 0 spiro atoms. The topological polar surface area (TPSA) is 50.8 Å². The number of methoxy groups -OCH3 is 1. The molecule has 0 aliphatic rings. The highest BCUT2D eigenvalue weighted by Crippen LogP contribution is 2.24. The number of hydrogen-bond donors (Lipinski definition) is 1. The molecule has 6 heteroatoms. The molecule has 0 bridgehead atoms. The van der Waals surface area contributed by atoms with Crippen LogP contribution < -0.4 is 4.74 Å². The molecular weight excluding hydrogens is 321 g/mol. The molecular formula is C16H13Cl2N3O. The zero-order chi connectivity index (χ0) is 15.5. The van der Waals surface area contributed by atoms with Crippen molar-refractivity contribution in [2.24, 2.45) is 0 Å². The normalized spacial score (nSPS) is 10.7. The van der Waals surface area contributed by atoms with Crippen molar-refractivity contribution in [3.8, 4) is 17.1 Å². The molecule has 0 aliphatic carbocycles. The fourth-order valence-electron chi connectivity index (χ4n) is 2.11. The van der Waals surface area contributed by atoms with E-state index in [1.54, 1.807) is 13.2 Å². The summed E-state index contributed by atoms with van der Waals surface area (Å²) < 4.78 is 5.21. The lowest BCUT2D eigenvalue weighted by Crippen LogP contribution is -1.91. The minimum Gasteiger partial charge on any atom is -0.497 e. The first-order chi connectivity index (χ1) is 10.7. The number of nitrogens with one attached hydrogen (secondary N) is 1. The van der Waals surface area contributed by atoms with E-state index >= 15 is 0 Å². The molecule has 0 amide bonds. The molecule has 1 aromatic heterocycles. The average molecular weight is 334 g/mol. The van der Waals surface area contributed by atoms with E-state index in [9.17, 15) is 0 Å². The first-order valence-corrected chi connectivity index (χ1v) is 7.41. The van der Waals surface area contributed by atoms with Crippen molar-refractivity contribution in [3.63, 3.8) is 0 Å². The molecule has 0 radical (unpaired) electrons. The molecule has 0 atom stereocenters. The number of halogens is 2. The maximum Gasteiger partial charge on any atom is 0.181 e. The van der Waals surface area contributed by atoms with Crippen LogP contribution in [0.5, 0.6) is 5.75 Å². The summed E-state index contributed by atoms with van der Waals surface area (Å²) >= 11 is 11.9. The predicted molar refractivity (Wildman–Crippen MR) is 87.6 cm³/mol. The monoisotopic (exact) mass is 333 g/mol. The van der Waals surface area contributed by atoms with Crippen molar-refractivity contribution >= 4 is 23.2 Å². The second kappa shape index (κ2) is 6.38. The summed E-state index contributed by atoms with van der Waals surface area (Å²) in [5.74, 6) is 2.17. The second-order valence-corrected chi connectivity index (χ2v) is 5.58. The summed E-state index contributed by atoms with van der Waals surface area (Å²) in [6, 6.07) is 13.1. The zero-order valence-corrected chi connectivity index (χ0v) is 13.3. The molecule has 3 rings (SSSR count). The number of H-pyrrole nitrogens is 1. The lowest BCUT2D eigenvalue weighted by atomic mass is 10.1. The van der Waals surface area contributed by atoms with Crippen molar-refractivity contribution in [1.29, 1.82) is 0 Å². The Bertz CT molecular complexity index is 802. The van der Waals surface area contributed by atoms with E-state index in [1.807, 2.05) is 36.4 Å². The molecule has 1 N–H and O–H groups in total. The first-order valence-electron chi connectivity index (χ1n) is 6.65. The highest BCUT2D eigenvalue weighted by Gasteiger charge is 2.08. The molecule has 112 valence electrons. The van der Waals surface area contributed by atoms with Crippen LogP contribution in [0.3, 0.4) is 0 Å². The van der Waals surface area contributed by atoms with Crippen LogP contribution in [0.15, 0.2) is 42.5 Å². The van der Waals surface area contributed by atoms with E-state index in [2.05, 4.69) is 15.2 Å². The van der Waals surface area contributed by atoms with Crippen LogP contribution in [0, 0.1) is 0 Å². The smallest absolute Gasteiger partial charge is 0.181 e. The third-order valence-electron chi connectivity index (χ3n) is 3.22. The van der Waals surface area contributed by atoms with Gasteiger partial charge in [-0.25, -0.2) is 4.98 Å². The van der Waals surface area contributed by atoms with E-state index in [0.29, 0.717) is 22.3 Å². The van der Waals surface area contributed by atoms with Gasteiger partial charge in [0, 0.05) is 12.0 Å². The summed E-state index contributed by atoms with van der Waals surface area (Å²) in [6.45, 7) is 0. The Labute approximate surface area is 138 Å². The summed E-state index contributed by atoms with van der Waals surface area (Å²) in [4.78, 5) is 4.50. The number of hydrogen-bond acceptors (Lipinski definition) is 3. The molecule has 0 saturated heterocycles. The number of nitrogens with zero attached hydrogens (tertiary/aromatic N) is 2. The molecule has 4 nitrogen and oxygen atoms in total. The fraction of sp³-hybridized carbons (Fsp3) is 0.125. The van der Waals surface area contributed by atoms with Crippen LogP contribution in [0.1, 0.15) is 11.4 Å². The fourth-order valence-corrected chi connectivity index (χ4v) is 2.43. The molecule has 0 aliphatic heterocycles. The van der Waals surface area contributed by atoms with Gasteiger partial charge >= 0.3 is 0 Å². The van der Waals surface area contributed by atoms with Crippen molar-refractivity contribution in [1.82, 2.24) is 15.2 Å². The number of aromatic amines is 1. The third kappa shape index (κ3) is 3.24. The van der Waals surface area contributed by atoms with Crippen molar-refractivity contribution in [2.75, 3.05) is 7.11 Å². The predicted octanol–water partition coefficient (Wildman–Crippen LogP) is 4.38. The Kier molecular flexibility index (Phi) is 4.32. The summed E-state index contributed by atoms with van der Waals surface area (Å²) in [7, 11) is 1.63. The van der Waals surface area contributed by atoms with Gasteiger partial charge in [-0.15, -0.1) is 0 Å². The largest absolute Gasteiger partial charge is 0.497 e. The molecule has 0 saturated carbocycles. The number of ether oxygens (including phenoxy) is 1. The third-order valence-corrected chi connectivity index (χ3v) is 3.95. The summed E-state index contributed by atoms with van der Waals surface area (Å²) in [5, 5.41) is 8.27. The van der Waals surface area contributed by atoms with Gasteiger partial charge in [0.2, 0.25) is 0 Å². The molecule has 3 aromatic rings. The zero-order valence-electron chi connectivity index (χ0n) is 11.8. The van der Waals surface area contributed by atoms with Crippen LogP contribution in [-0.2, 0) is 6.42 Å². The van der Waals surface area contributed by atoms with Crippen LogP contribution >= 0.6 is 23.2 Å². The Morgan fingerprint density at radius 1 is 1.09 bits per heavy atom. The van der Waals surface area contributed by atoms with Gasteiger partial charge in [-0.2, -0.15) is 5.10 Å². The quantitative estimate of drug-likeness (QED) is 0.770. The minimum atomic E-state index is 0.534. The maximum absolute atomic E-state index is 6.02. The van der Waals surface area contributed by atoms with Gasteiger partial charge in [0.15, 0.2) is 5.82 Å². The Morgan fingerprint density at radius 3 is 2.73 bits per heavy atom. The van der Waals surface area contributed by atoms with Crippen molar-refractivity contribution < 1.29 is 4.74 Å². The van der Waals surface area contributed by atoms with Crippen LogP contribution in [0.25, 0.3) is 11.4 Å². The first kappa shape index (κ1) is 14.9. The lowest BCUT2D eigenvalue weighted by Gasteiger charge is -2.01. The maximum atomic E-state index is 6.02. The minimum absolute atomic E-state index is 0.534. The Morgan fingerprint density at radius 2 is 1.95 bits per heavy atom. The van der Waals surface area contributed by atoms with E-state index in [4.69, 9.17) is 27.9 Å². The van der Waals surface area contributed by atoms with Crippen LogP contribution in [-0.4, -0.2) is 22.3 Å². The van der Waals surface area contributed by atoms with E-state index in [-0.39, 0.29) is 0 Å². The van der Waals surface area contributed by atoms with E-state index in [0.717, 1.165) is 22.7 Å². The van der Waals surface area contributed by atoms with Gasteiger partial charge in [0.1, 0.15) is 11.6 Å². The van der Waals surface area contributed by atoms with Crippen LogP contribution in [0.4, 0.5) is 0 Å². The van der Waals surface area contributed by atoms with Gasteiger partial charge in [-0.05, 0) is 29.8 Å². The molecule has 22 heavy (non-hydrogen) atoms.